The largest absolute Gasteiger partial charge is 0.292 e. The van der Waals surface area contributed by atoms with Crippen molar-refractivity contribution in [2.45, 2.75) is 27.3 Å². The van der Waals surface area contributed by atoms with Crippen molar-refractivity contribution in [1.29, 1.82) is 0 Å². The lowest BCUT2D eigenvalue weighted by atomic mass is 9.97. The van der Waals surface area contributed by atoms with Gasteiger partial charge in [-0.15, -0.1) is 0 Å². The molecule has 0 aliphatic carbocycles. The van der Waals surface area contributed by atoms with Gasteiger partial charge in [0.15, 0.2) is 0 Å². The summed E-state index contributed by atoms with van der Waals surface area (Å²) < 4.78 is 1.71. The number of pyridine rings is 1. The lowest BCUT2D eigenvalue weighted by Gasteiger charge is -2.20. The zero-order valence-corrected chi connectivity index (χ0v) is 9.77. The molecule has 2 aromatic heterocycles. The average Bonchev–Trinajstić information content (AvgIpc) is 2.21. The molecule has 0 bridgehead atoms. The second kappa shape index (κ2) is 3.70. The van der Waals surface area contributed by atoms with E-state index in [-0.39, 0.29) is 11.0 Å². The minimum absolute atomic E-state index is 0.0128. The van der Waals surface area contributed by atoms with Crippen molar-refractivity contribution in [2.75, 3.05) is 0 Å². The minimum atomic E-state index is -0.0128. The van der Waals surface area contributed by atoms with Gasteiger partial charge in [-0.1, -0.05) is 20.8 Å². The van der Waals surface area contributed by atoms with Gasteiger partial charge in [0.2, 0.25) is 0 Å². The van der Waals surface area contributed by atoms with Crippen LogP contribution in [0.4, 0.5) is 0 Å². The molecule has 0 atom stereocenters. The van der Waals surface area contributed by atoms with Crippen molar-refractivity contribution in [1.82, 2.24) is 14.5 Å². The van der Waals surface area contributed by atoms with E-state index in [1.165, 1.54) is 6.33 Å². The highest BCUT2D eigenvalue weighted by Crippen LogP contribution is 2.17. The van der Waals surface area contributed by atoms with Crippen LogP contribution >= 0.6 is 0 Å². The fourth-order valence-corrected chi connectivity index (χ4v) is 1.66. The number of rotatable bonds is 1. The first-order valence-electron chi connectivity index (χ1n) is 5.27. The first-order chi connectivity index (χ1) is 7.47. The van der Waals surface area contributed by atoms with E-state index in [4.69, 9.17) is 0 Å². The first-order valence-corrected chi connectivity index (χ1v) is 5.27. The lowest BCUT2D eigenvalue weighted by Crippen LogP contribution is -2.26. The van der Waals surface area contributed by atoms with E-state index in [0.29, 0.717) is 12.2 Å². The molecule has 0 radical (unpaired) electrons. The van der Waals surface area contributed by atoms with E-state index in [1.54, 1.807) is 22.9 Å². The van der Waals surface area contributed by atoms with Gasteiger partial charge < -0.3 is 0 Å². The van der Waals surface area contributed by atoms with Crippen molar-refractivity contribution >= 4 is 11.0 Å². The molecule has 0 N–H and O–H groups in total. The monoisotopic (exact) mass is 217 g/mol. The maximum absolute atomic E-state index is 11.8. The Labute approximate surface area is 94.0 Å². The van der Waals surface area contributed by atoms with Gasteiger partial charge in [-0.3, -0.25) is 9.36 Å². The van der Waals surface area contributed by atoms with Gasteiger partial charge in [0.05, 0.1) is 0 Å². The van der Waals surface area contributed by atoms with E-state index in [9.17, 15) is 4.79 Å². The number of hydrogen-bond acceptors (Lipinski definition) is 3. The summed E-state index contributed by atoms with van der Waals surface area (Å²) >= 11 is 0. The summed E-state index contributed by atoms with van der Waals surface area (Å²) in [6.45, 7) is 6.94. The summed E-state index contributed by atoms with van der Waals surface area (Å²) in [5, 5.41) is 0.895. The molecule has 4 heteroatoms. The topological polar surface area (TPSA) is 47.8 Å². The molecule has 16 heavy (non-hydrogen) atoms. The molecule has 0 aromatic carbocycles. The van der Waals surface area contributed by atoms with Gasteiger partial charge in [-0.25, -0.2) is 9.97 Å². The maximum atomic E-state index is 11.8. The van der Waals surface area contributed by atoms with E-state index < -0.39 is 0 Å². The highest BCUT2D eigenvalue weighted by atomic mass is 16.1. The number of hydrogen-bond donors (Lipinski definition) is 0. The Hall–Kier alpha value is -1.71. The maximum Gasteiger partial charge on any atom is 0.252 e. The molecule has 4 nitrogen and oxygen atoms in total. The highest BCUT2D eigenvalue weighted by molar-refractivity contribution is 5.73. The molecule has 0 saturated heterocycles. The third-order valence-corrected chi connectivity index (χ3v) is 2.28. The zero-order valence-electron chi connectivity index (χ0n) is 9.77. The Bertz CT molecular complexity index is 566. The van der Waals surface area contributed by atoms with E-state index >= 15 is 0 Å². The fourth-order valence-electron chi connectivity index (χ4n) is 1.66. The Balaban J connectivity index is 2.66. The molecule has 0 unspecified atom stereocenters. The van der Waals surface area contributed by atoms with Crippen molar-refractivity contribution in [3.05, 3.63) is 35.0 Å². The fraction of sp³-hybridized carbons (Fsp3) is 0.417. The van der Waals surface area contributed by atoms with Gasteiger partial charge in [0.25, 0.3) is 5.56 Å². The Morgan fingerprint density at radius 1 is 1.31 bits per heavy atom. The molecular weight excluding hydrogens is 202 g/mol. The normalized spacial score (nSPS) is 11.9. The lowest BCUT2D eigenvalue weighted by molar-refractivity contribution is 0.343. The molecule has 2 heterocycles. The third-order valence-electron chi connectivity index (χ3n) is 2.28. The molecule has 84 valence electrons. The van der Waals surface area contributed by atoms with Crippen LogP contribution in [0.5, 0.6) is 0 Å². The van der Waals surface area contributed by atoms with Crippen molar-refractivity contribution in [3.8, 4) is 0 Å². The summed E-state index contributed by atoms with van der Waals surface area (Å²) in [6, 6.07) is 3.33. The molecule has 0 amide bonds. The van der Waals surface area contributed by atoms with Crippen LogP contribution in [-0.2, 0) is 6.54 Å². The van der Waals surface area contributed by atoms with E-state index in [1.807, 2.05) is 0 Å². The molecular formula is C12H15N3O. The van der Waals surface area contributed by atoms with Gasteiger partial charge in [0.1, 0.15) is 12.0 Å². The van der Waals surface area contributed by atoms with Crippen molar-refractivity contribution < 1.29 is 0 Å². The van der Waals surface area contributed by atoms with Crippen LogP contribution in [-0.4, -0.2) is 14.5 Å². The highest BCUT2D eigenvalue weighted by Gasteiger charge is 2.14. The molecule has 0 aliphatic heterocycles. The molecule has 0 spiro atoms. The van der Waals surface area contributed by atoms with Crippen molar-refractivity contribution in [3.63, 3.8) is 0 Å². The Morgan fingerprint density at radius 3 is 2.75 bits per heavy atom. The second-order valence-electron chi connectivity index (χ2n) is 5.12. The molecule has 0 aliphatic rings. The van der Waals surface area contributed by atoms with Crippen LogP contribution in [0.3, 0.4) is 0 Å². The van der Waals surface area contributed by atoms with Crippen LogP contribution in [0.2, 0.25) is 0 Å². The van der Waals surface area contributed by atoms with Crippen LogP contribution in [0, 0.1) is 5.41 Å². The van der Waals surface area contributed by atoms with Crippen molar-refractivity contribution in [2.24, 2.45) is 5.41 Å². The number of aromatic nitrogens is 3. The van der Waals surface area contributed by atoms with Gasteiger partial charge >= 0.3 is 0 Å². The van der Waals surface area contributed by atoms with Gasteiger partial charge in [-0.2, -0.15) is 0 Å². The van der Waals surface area contributed by atoms with E-state index in [2.05, 4.69) is 30.7 Å². The smallest absolute Gasteiger partial charge is 0.252 e. The Morgan fingerprint density at radius 2 is 2.06 bits per heavy atom. The quantitative estimate of drug-likeness (QED) is 0.732. The van der Waals surface area contributed by atoms with Gasteiger partial charge in [-0.05, 0) is 11.5 Å². The molecule has 0 saturated carbocycles. The van der Waals surface area contributed by atoms with Crippen LogP contribution in [0.25, 0.3) is 11.0 Å². The summed E-state index contributed by atoms with van der Waals surface area (Å²) in [5.41, 5.74) is 0.738. The van der Waals surface area contributed by atoms with E-state index in [0.717, 1.165) is 5.39 Å². The summed E-state index contributed by atoms with van der Waals surface area (Å²) in [4.78, 5) is 19.9. The third kappa shape index (κ3) is 2.10. The van der Waals surface area contributed by atoms with Crippen LogP contribution in [0.1, 0.15) is 20.8 Å². The summed E-state index contributed by atoms with van der Waals surface area (Å²) in [6.07, 6.45) is 3.20. The summed E-state index contributed by atoms with van der Waals surface area (Å²) in [7, 11) is 0. The minimum Gasteiger partial charge on any atom is -0.292 e. The molecule has 2 rings (SSSR count). The number of nitrogens with zero attached hydrogens (tertiary/aromatic N) is 3. The zero-order chi connectivity index (χ0) is 11.8. The first kappa shape index (κ1) is 10.8. The number of fused-ring (bicyclic) bond motifs is 1. The average molecular weight is 217 g/mol. The molecule has 2 aromatic rings. The summed E-state index contributed by atoms with van der Waals surface area (Å²) in [5.74, 6) is 0. The van der Waals surface area contributed by atoms with Gasteiger partial charge in [0, 0.05) is 24.2 Å². The molecule has 0 fully saturated rings. The van der Waals surface area contributed by atoms with Crippen LogP contribution in [0.15, 0.2) is 29.5 Å². The standard InChI is InChI=1S/C12H15N3O/c1-12(2,3)7-15-10(16)5-4-9-6-13-8-14-11(9)15/h4-6,8H,7H2,1-3H3. The van der Waals surface area contributed by atoms with Crippen LogP contribution < -0.4 is 5.56 Å². The second-order valence-corrected chi connectivity index (χ2v) is 5.12. The Kier molecular flexibility index (Phi) is 2.50. The predicted molar refractivity (Wildman–Crippen MR) is 63.3 cm³/mol. The SMILES string of the molecule is CC(C)(C)Cn1c(=O)ccc2cncnc21. The predicted octanol–water partition coefficient (Wildman–Crippen LogP) is 1.84.